The van der Waals surface area contributed by atoms with Crippen LogP contribution in [0.4, 0.5) is 0 Å². The van der Waals surface area contributed by atoms with Crippen LogP contribution in [0.2, 0.25) is 0 Å². The van der Waals surface area contributed by atoms with E-state index >= 15 is 0 Å². The van der Waals surface area contributed by atoms with Gasteiger partial charge in [-0.25, -0.2) is 13.1 Å². The predicted octanol–water partition coefficient (Wildman–Crippen LogP) is -3.12. The highest BCUT2D eigenvalue weighted by atomic mass is 32.2. The Hall–Kier alpha value is -2.38. The second-order valence-corrected chi connectivity index (χ2v) is 7.18. The maximum atomic E-state index is 11.1. The molecule has 2 amide bonds. The summed E-state index contributed by atoms with van der Waals surface area (Å²) in [6, 6.07) is 4.77. The molecule has 27 heavy (non-hydrogen) atoms. The number of aliphatic hydroxyl groups excluding tert-OH is 4. The molecule has 0 radical (unpaired) electrons. The number of rotatable bonds is 6. The number of aliphatic hydroxyl groups is 4. The van der Waals surface area contributed by atoms with E-state index in [4.69, 9.17) is 10.2 Å². The van der Waals surface area contributed by atoms with Gasteiger partial charge in [-0.15, -0.1) is 0 Å². The normalized spacial score (nSPS) is 18.6. The van der Waals surface area contributed by atoms with Gasteiger partial charge in [0.15, 0.2) is 0 Å². The standard InChI is InChI=1S/C8H15NO6.C7H5NO3S/c1-4(12)9-5(2-10)7(14)8(15)6(13)3-11;9-7-5-3-1-2-4-6(5)12(10,11)8-7/h2,5-8,11,13-15H,3H2,1H3,(H,9,12);1-4H,(H,8,9)/t5-,6+,7+,8-;/m0./s1. The summed E-state index contributed by atoms with van der Waals surface area (Å²) in [5, 5.41) is 38.2. The Morgan fingerprint density at radius 2 is 1.81 bits per heavy atom. The Bertz CT molecular complexity index is 796. The van der Waals surface area contributed by atoms with Crippen LogP contribution >= 0.6 is 0 Å². The van der Waals surface area contributed by atoms with Gasteiger partial charge in [-0.3, -0.25) is 9.59 Å². The molecule has 0 bridgehead atoms. The molecule has 11 nitrogen and oxygen atoms in total. The number of aldehydes is 1. The number of benzene rings is 1. The van der Waals surface area contributed by atoms with Crippen molar-refractivity contribution in [2.45, 2.75) is 36.2 Å². The number of hydrogen-bond acceptors (Lipinski definition) is 9. The van der Waals surface area contributed by atoms with Crippen molar-refractivity contribution in [1.29, 1.82) is 0 Å². The molecule has 1 aromatic rings. The first-order valence-electron chi connectivity index (χ1n) is 7.58. The van der Waals surface area contributed by atoms with Crippen molar-refractivity contribution in [3.8, 4) is 0 Å². The molecule has 0 aromatic heterocycles. The van der Waals surface area contributed by atoms with Crippen LogP contribution in [0.15, 0.2) is 29.2 Å². The summed E-state index contributed by atoms with van der Waals surface area (Å²) in [5.74, 6) is -1.11. The fourth-order valence-electron chi connectivity index (χ4n) is 2.10. The van der Waals surface area contributed by atoms with Crippen LogP contribution in [0, 0.1) is 0 Å². The summed E-state index contributed by atoms with van der Waals surface area (Å²) >= 11 is 0. The zero-order valence-corrected chi connectivity index (χ0v) is 15.0. The minimum atomic E-state index is -3.55. The van der Waals surface area contributed by atoms with E-state index in [1.54, 1.807) is 12.1 Å². The lowest BCUT2D eigenvalue weighted by Gasteiger charge is -2.25. The smallest absolute Gasteiger partial charge is 0.266 e. The summed E-state index contributed by atoms with van der Waals surface area (Å²) in [5.41, 5.74) is 0.220. The van der Waals surface area contributed by atoms with Gasteiger partial charge in [0.2, 0.25) is 5.91 Å². The van der Waals surface area contributed by atoms with Crippen molar-refractivity contribution < 1.29 is 43.2 Å². The fraction of sp³-hybridized carbons (Fsp3) is 0.400. The van der Waals surface area contributed by atoms with Crippen LogP contribution in [0.25, 0.3) is 0 Å². The molecule has 1 heterocycles. The first kappa shape index (κ1) is 22.7. The van der Waals surface area contributed by atoms with Crippen LogP contribution in [0.3, 0.4) is 0 Å². The van der Waals surface area contributed by atoms with E-state index in [1.165, 1.54) is 12.1 Å². The quantitative estimate of drug-likeness (QED) is 0.266. The molecule has 0 unspecified atom stereocenters. The number of sulfonamides is 1. The van der Waals surface area contributed by atoms with E-state index in [0.717, 1.165) is 6.92 Å². The molecule has 0 saturated heterocycles. The molecule has 6 N–H and O–H groups in total. The van der Waals surface area contributed by atoms with E-state index in [-0.39, 0.29) is 16.7 Å². The van der Waals surface area contributed by atoms with E-state index in [1.807, 2.05) is 4.72 Å². The maximum absolute atomic E-state index is 11.1. The minimum absolute atomic E-state index is 0.0648. The summed E-state index contributed by atoms with van der Waals surface area (Å²) in [4.78, 5) is 32.1. The molecular formula is C15H20N2O9S. The van der Waals surface area contributed by atoms with E-state index < -0.39 is 52.8 Å². The van der Waals surface area contributed by atoms with Crippen LogP contribution < -0.4 is 10.0 Å². The monoisotopic (exact) mass is 404 g/mol. The third-order valence-corrected chi connectivity index (χ3v) is 4.85. The van der Waals surface area contributed by atoms with Gasteiger partial charge in [-0.1, -0.05) is 12.1 Å². The van der Waals surface area contributed by atoms with Gasteiger partial charge in [0.05, 0.1) is 12.2 Å². The second kappa shape index (κ2) is 9.53. The highest BCUT2D eigenvalue weighted by molar-refractivity contribution is 7.90. The molecule has 2 rings (SSSR count). The Labute approximate surface area is 154 Å². The molecule has 4 atom stereocenters. The largest absolute Gasteiger partial charge is 0.394 e. The molecule has 1 aromatic carbocycles. The van der Waals surface area contributed by atoms with Crippen molar-refractivity contribution in [1.82, 2.24) is 10.0 Å². The van der Waals surface area contributed by atoms with Gasteiger partial charge in [0.25, 0.3) is 15.9 Å². The SMILES string of the molecule is CC(=O)N[C@@H](C=O)[C@@H](O)[C@@H](O)[C@H](O)CO.O=C1NS(=O)(=O)c2ccccc21. The second-order valence-electron chi connectivity index (χ2n) is 5.52. The number of amides is 2. The van der Waals surface area contributed by atoms with Crippen molar-refractivity contribution in [3.05, 3.63) is 29.8 Å². The Balaban J connectivity index is 0.000000274. The van der Waals surface area contributed by atoms with Gasteiger partial charge >= 0.3 is 0 Å². The van der Waals surface area contributed by atoms with Crippen LogP contribution in [-0.4, -0.2) is 77.9 Å². The van der Waals surface area contributed by atoms with Crippen LogP contribution in [0.5, 0.6) is 0 Å². The number of fused-ring (bicyclic) bond motifs is 1. The zero-order valence-electron chi connectivity index (χ0n) is 14.1. The first-order chi connectivity index (χ1) is 12.5. The predicted molar refractivity (Wildman–Crippen MR) is 89.9 cm³/mol. The maximum Gasteiger partial charge on any atom is 0.266 e. The molecule has 12 heteroatoms. The number of hydrogen-bond donors (Lipinski definition) is 6. The Morgan fingerprint density at radius 3 is 2.30 bits per heavy atom. The molecule has 0 fully saturated rings. The van der Waals surface area contributed by atoms with E-state index in [2.05, 4.69) is 5.32 Å². The average Bonchev–Trinajstić information content (AvgIpc) is 2.87. The van der Waals surface area contributed by atoms with Crippen LogP contribution in [-0.2, 0) is 19.6 Å². The van der Waals surface area contributed by atoms with Crippen molar-refractivity contribution >= 4 is 28.1 Å². The zero-order chi connectivity index (χ0) is 20.8. The van der Waals surface area contributed by atoms with Gasteiger partial charge in [-0.05, 0) is 12.1 Å². The van der Waals surface area contributed by atoms with Crippen molar-refractivity contribution in [2.75, 3.05) is 6.61 Å². The highest BCUT2D eigenvalue weighted by Gasteiger charge is 2.32. The van der Waals surface area contributed by atoms with Crippen LogP contribution in [0.1, 0.15) is 17.3 Å². The summed E-state index contributed by atoms with van der Waals surface area (Å²) in [6.45, 7) is 0.377. The third-order valence-electron chi connectivity index (χ3n) is 3.46. The molecule has 1 aliphatic rings. The van der Waals surface area contributed by atoms with E-state index in [9.17, 15) is 33.0 Å². The molecule has 0 spiro atoms. The first-order valence-corrected chi connectivity index (χ1v) is 9.07. The fourth-order valence-corrected chi connectivity index (χ4v) is 3.28. The molecule has 0 aliphatic carbocycles. The Kier molecular flexibility index (Phi) is 7.99. The van der Waals surface area contributed by atoms with E-state index in [0.29, 0.717) is 0 Å². The molecule has 150 valence electrons. The molecule has 1 aliphatic heterocycles. The minimum Gasteiger partial charge on any atom is -0.394 e. The lowest BCUT2D eigenvalue weighted by Crippen LogP contribution is -2.53. The summed E-state index contributed by atoms with van der Waals surface area (Å²) in [7, 11) is -3.55. The van der Waals surface area contributed by atoms with Crippen molar-refractivity contribution in [3.63, 3.8) is 0 Å². The third kappa shape index (κ3) is 5.80. The topological polar surface area (TPSA) is 190 Å². The molecule has 0 saturated carbocycles. The lowest BCUT2D eigenvalue weighted by molar-refractivity contribution is -0.129. The Morgan fingerprint density at radius 1 is 1.22 bits per heavy atom. The number of nitrogens with one attached hydrogen (secondary N) is 2. The van der Waals surface area contributed by atoms with Crippen molar-refractivity contribution in [2.24, 2.45) is 0 Å². The van der Waals surface area contributed by atoms with Gasteiger partial charge in [0, 0.05) is 6.92 Å². The summed E-state index contributed by atoms with van der Waals surface area (Å²) in [6.07, 6.45) is -4.72. The van der Waals surface area contributed by atoms with Gasteiger partial charge in [-0.2, -0.15) is 0 Å². The average molecular weight is 404 g/mol. The lowest BCUT2D eigenvalue weighted by atomic mass is 10.0. The number of carbonyl (C=O) groups is 3. The summed E-state index contributed by atoms with van der Waals surface area (Å²) < 4.78 is 24.2. The van der Waals surface area contributed by atoms with Gasteiger partial charge in [0.1, 0.15) is 35.5 Å². The number of carbonyl (C=O) groups excluding carboxylic acids is 3. The van der Waals surface area contributed by atoms with Gasteiger partial charge < -0.3 is 30.5 Å². The molecular weight excluding hydrogens is 384 g/mol. The highest BCUT2D eigenvalue weighted by Crippen LogP contribution is 2.20.